The second kappa shape index (κ2) is 5.06. The summed E-state index contributed by atoms with van der Waals surface area (Å²) in [5, 5.41) is 0. The highest BCUT2D eigenvalue weighted by Crippen LogP contribution is 2.32. The van der Waals surface area contributed by atoms with Crippen LogP contribution in [-0.2, 0) is 11.3 Å². The Morgan fingerprint density at radius 3 is 3.00 bits per heavy atom. The average Bonchev–Trinajstić information content (AvgIpc) is 2.34. The van der Waals surface area contributed by atoms with E-state index in [0.29, 0.717) is 0 Å². The van der Waals surface area contributed by atoms with Gasteiger partial charge in [0.25, 0.3) is 5.91 Å². The Morgan fingerprint density at radius 1 is 1.53 bits per heavy atom. The Balaban J connectivity index is 2.26. The van der Waals surface area contributed by atoms with Crippen LogP contribution in [0.25, 0.3) is 0 Å². The SMILES string of the molecule is CN(CBr)Cc1ccc2c(c1)N(C)C(=O)CO2. The van der Waals surface area contributed by atoms with Crippen LogP contribution in [0.4, 0.5) is 5.69 Å². The molecule has 0 atom stereocenters. The minimum Gasteiger partial charge on any atom is -0.482 e. The summed E-state index contributed by atoms with van der Waals surface area (Å²) in [7, 11) is 3.81. The maximum absolute atomic E-state index is 11.5. The molecule has 92 valence electrons. The molecule has 5 heteroatoms. The molecule has 1 aliphatic heterocycles. The topological polar surface area (TPSA) is 32.8 Å². The molecular formula is C12H15BrN2O2. The minimum absolute atomic E-state index is 0.0107. The fraction of sp³-hybridized carbons (Fsp3) is 0.417. The zero-order valence-corrected chi connectivity index (χ0v) is 11.5. The molecule has 0 bridgehead atoms. The molecular weight excluding hydrogens is 284 g/mol. The molecule has 0 saturated heterocycles. The number of amides is 1. The Kier molecular flexibility index (Phi) is 3.69. The number of carbonyl (C=O) groups excluding carboxylic acids is 1. The minimum atomic E-state index is -0.0107. The van der Waals surface area contributed by atoms with E-state index in [1.807, 2.05) is 25.2 Å². The van der Waals surface area contributed by atoms with Crippen LogP contribution >= 0.6 is 15.9 Å². The van der Waals surface area contributed by atoms with Crippen LogP contribution in [0.1, 0.15) is 5.56 Å². The molecule has 0 aromatic heterocycles. The van der Waals surface area contributed by atoms with Crippen LogP contribution in [-0.4, -0.2) is 37.0 Å². The van der Waals surface area contributed by atoms with Crippen LogP contribution in [0, 0.1) is 0 Å². The number of likely N-dealkylation sites (N-methyl/N-ethyl adjacent to an activating group) is 1. The lowest BCUT2D eigenvalue weighted by atomic mass is 10.1. The van der Waals surface area contributed by atoms with Gasteiger partial charge in [0.15, 0.2) is 6.61 Å². The average molecular weight is 299 g/mol. The highest BCUT2D eigenvalue weighted by Gasteiger charge is 2.22. The smallest absolute Gasteiger partial charge is 0.264 e. The third-order valence-corrected chi connectivity index (χ3v) is 3.62. The molecule has 17 heavy (non-hydrogen) atoms. The molecule has 0 unspecified atom stereocenters. The molecule has 1 amide bonds. The first-order valence-electron chi connectivity index (χ1n) is 5.38. The maximum atomic E-state index is 11.5. The Bertz CT molecular complexity index is 437. The number of rotatable bonds is 3. The number of benzene rings is 1. The normalized spacial score (nSPS) is 14.8. The summed E-state index contributed by atoms with van der Waals surface area (Å²) >= 11 is 3.41. The molecule has 1 aromatic rings. The van der Waals surface area contributed by atoms with E-state index in [1.165, 1.54) is 0 Å². The summed E-state index contributed by atoms with van der Waals surface area (Å²) in [5.74, 6) is 0.765. The molecule has 1 aliphatic rings. The molecule has 0 spiro atoms. The van der Waals surface area contributed by atoms with Gasteiger partial charge in [0.1, 0.15) is 5.75 Å². The standard InChI is InChI=1S/C12H15BrN2O2/c1-14(8-13)6-9-3-4-11-10(5-9)15(2)12(16)7-17-11/h3-5H,6-8H2,1-2H3. The van der Waals surface area contributed by atoms with Crippen LogP contribution in [0.3, 0.4) is 0 Å². The first-order valence-corrected chi connectivity index (χ1v) is 6.50. The van der Waals surface area contributed by atoms with Crippen molar-refractivity contribution in [1.82, 2.24) is 4.90 Å². The van der Waals surface area contributed by atoms with E-state index in [4.69, 9.17) is 4.74 Å². The van der Waals surface area contributed by atoms with Gasteiger partial charge in [-0.1, -0.05) is 22.0 Å². The highest BCUT2D eigenvalue weighted by molar-refractivity contribution is 9.09. The second-order valence-corrected chi connectivity index (χ2v) is 4.68. The zero-order chi connectivity index (χ0) is 12.4. The van der Waals surface area contributed by atoms with Gasteiger partial charge in [-0.25, -0.2) is 0 Å². The predicted octanol–water partition coefficient (Wildman–Crippen LogP) is 1.83. The fourth-order valence-electron chi connectivity index (χ4n) is 1.77. The van der Waals surface area contributed by atoms with Crippen LogP contribution in [0.5, 0.6) is 5.75 Å². The Hall–Kier alpha value is -1.07. The summed E-state index contributed by atoms with van der Waals surface area (Å²) in [6.07, 6.45) is 0. The third kappa shape index (κ3) is 2.61. The largest absolute Gasteiger partial charge is 0.482 e. The Labute approximate surface area is 109 Å². The van der Waals surface area contributed by atoms with E-state index in [1.54, 1.807) is 11.9 Å². The number of alkyl halides is 1. The van der Waals surface area contributed by atoms with E-state index >= 15 is 0 Å². The van der Waals surface area contributed by atoms with Crippen molar-refractivity contribution >= 4 is 27.5 Å². The molecule has 1 heterocycles. The van der Waals surface area contributed by atoms with E-state index in [0.717, 1.165) is 29.0 Å². The number of anilines is 1. The summed E-state index contributed by atoms with van der Waals surface area (Å²) in [5.41, 5.74) is 2.83. The van der Waals surface area contributed by atoms with Gasteiger partial charge in [-0.05, 0) is 24.7 Å². The van der Waals surface area contributed by atoms with Gasteiger partial charge in [0.2, 0.25) is 0 Å². The van der Waals surface area contributed by atoms with Crippen LogP contribution in [0.2, 0.25) is 0 Å². The number of fused-ring (bicyclic) bond motifs is 1. The van der Waals surface area contributed by atoms with Gasteiger partial charge in [-0.15, -0.1) is 0 Å². The second-order valence-electron chi connectivity index (χ2n) is 4.18. The van der Waals surface area contributed by atoms with Gasteiger partial charge in [-0.2, -0.15) is 0 Å². The highest BCUT2D eigenvalue weighted by atomic mass is 79.9. The molecule has 0 N–H and O–H groups in total. The van der Waals surface area contributed by atoms with E-state index < -0.39 is 0 Å². The van der Waals surface area contributed by atoms with Crippen molar-refractivity contribution in [3.8, 4) is 5.75 Å². The van der Waals surface area contributed by atoms with Crippen LogP contribution in [0.15, 0.2) is 18.2 Å². The van der Waals surface area contributed by atoms with Gasteiger partial charge in [-0.3, -0.25) is 9.69 Å². The number of ether oxygens (including phenoxy) is 1. The summed E-state index contributed by atoms with van der Waals surface area (Å²) in [4.78, 5) is 15.3. The van der Waals surface area contributed by atoms with Crippen molar-refractivity contribution in [3.63, 3.8) is 0 Å². The monoisotopic (exact) mass is 298 g/mol. The summed E-state index contributed by atoms with van der Waals surface area (Å²) in [6.45, 7) is 0.963. The number of carbonyl (C=O) groups is 1. The summed E-state index contributed by atoms with van der Waals surface area (Å²) < 4.78 is 5.38. The first-order chi connectivity index (χ1) is 8.11. The third-order valence-electron chi connectivity index (χ3n) is 2.77. The maximum Gasteiger partial charge on any atom is 0.264 e. The predicted molar refractivity (Wildman–Crippen MR) is 70.6 cm³/mol. The van der Waals surface area contributed by atoms with Crippen molar-refractivity contribution in [2.24, 2.45) is 0 Å². The lowest BCUT2D eigenvalue weighted by Gasteiger charge is -2.26. The lowest BCUT2D eigenvalue weighted by molar-refractivity contribution is -0.120. The molecule has 1 aromatic carbocycles. The van der Waals surface area contributed by atoms with Crippen molar-refractivity contribution < 1.29 is 9.53 Å². The van der Waals surface area contributed by atoms with E-state index in [-0.39, 0.29) is 12.5 Å². The van der Waals surface area contributed by atoms with Crippen molar-refractivity contribution in [2.45, 2.75) is 6.54 Å². The quantitative estimate of drug-likeness (QED) is 0.630. The van der Waals surface area contributed by atoms with Gasteiger partial charge >= 0.3 is 0 Å². The molecule has 2 rings (SSSR count). The van der Waals surface area contributed by atoms with Crippen LogP contribution < -0.4 is 9.64 Å². The first kappa shape index (κ1) is 12.4. The van der Waals surface area contributed by atoms with Gasteiger partial charge in [0, 0.05) is 13.6 Å². The fourth-order valence-corrected chi connectivity index (χ4v) is 1.95. The lowest BCUT2D eigenvalue weighted by Crippen LogP contribution is -2.35. The number of nitrogens with zero attached hydrogens (tertiary/aromatic N) is 2. The molecule has 0 fully saturated rings. The van der Waals surface area contributed by atoms with E-state index in [9.17, 15) is 4.79 Å². The van der Waals surface area contributed by atoms with Crippen molar-refractivity contribution in [2.75, 3.05) is 31.1 Å². The molecule has 0 saturated carbocycles. The molecule has 0 aliphatic carbocycles. The number of halogens is 1. The van der Waals surface area contributed by atoms with Gasteiger partial charge in [0.05, 0.1) is 11.1 Å². The van der Waals surface area contributed by atoms with Crippen molar-refractivity contribution in [1.29, 1.82) is 0 Å². The Morgan fingerprint density at radius 2 is 2.29 bits per heavy atom. The summed E-state index contributed by atoms with van der Waals surface area (Å²) in [6, 6.07) is 5.96. The van der Waals surface area contributed by atoms with E-state index in [2.05, 4.69) is 20.8 Å². The number of hydrogen-bond donors (Lipinski definition) is 0. The van der Waals surface area contributed by atoms with Gasteiger partial charge < -0.3 is 9.64 Å². The molecule has 4 nitrogen and oxygen atoms in total. The zero-order valence-electron chi connectivity index (χ0n) is 9.94. The number of hydrogen-bond acceptors (Lipinski definition) is 3. The molecule has 0 radical (unpaired) electrons. The van der Waals surface area contributed by atoms with Crippen molar-refractivity contribution in [3.05, 3.63) is 23.8 Å².